The monoisotopic (exact) mass is 425 g/mol. The van der Waals surface area contributed by atoms with Crippen LogP contribution in [0.25, 0.3) is 0 Å². The molecular weight excluding hydrogens is 406 g/mol. The third kappa shape index (κ3) is 3.16. The maximum atomic E-state index is 13.3. The first-order valence-electron chi connectivity index (χ1n) is 7.95. The number of hydrogen-bond acceptors (Lipinski definition) is 4. The molecule has 3 rings (SSSR count). The van der Waals surface area contributed by atoms with Crippen molar-refractivity contribution in [1.29, 1.82) is 0 Å². The summed E-state index contributed by atoms with van der Waals surface area (Å²) in [4.78, 5) is -0.0380. The van der Waals surface area contributed by atoms with Crippen molar-refractivity contribution in [2.24, 2.45) is 0 Å². The molecule has 0 saturated carbocycles. The van der Waals surface area contributed by atoms with E-state index in [0.29, 0.717) is 18.0 Å². The average Bonchev–Trinajstić information content (AvgIpc) is 2.88. The smallest absolute Gasteiger partial charge is 0.266 e. The highest BCUT2D eigenvalue weighted by atomic mass is 79.9. The number of methoxy groups -OCH3 is 1. The zero-order valence-corrected chi connectivity index (χ0v) is 16.7. The summed E-state index contributed by atoms with van der Waals surface area (Å²) in [5.74, 6) is 0.674. The first-order chi connectivity index (χ1) is 11.9. The van der Waals surface area contributed by atoms with Crippen molar-refractivity contribution in [1.82, 2.24) is 0 Å². The molecule has 1 heterocycles. The van der Waals surface area contributed by atoms with Gasteiger partial charge >= 0.3 is 0 Å². The Balaban J connectivity index is 2.14. The van der Waals surface area contributed by atoms with Crippen LogP contribution >= 0.6 is 15.9 Å². The Morgan fingerprint density at radius 3 is 2.44 bits per heavy atom. The number of anilines is 1. The molecular formula is C18H20BrNO4S. The second-order valence-electron chi connectivity index (χ2n) is 5.79. The van der Waals surface area contributed by atoms with E-state index in [4.69, 9.17) is 9.47 Å². The number of ether oxygens (including phenoxy) is 2. The van der Waals surface area contributed by atoms with Gasteiger partial charge in [0.15, 0.2) is 6.23 Å². The van der Waals surface area contributed by atoms with Crippen LogP contribution in [-0.4, -0.2) is 28.4 Å². The third-order valence-corrected chi connectivity index (χ3v) is 6.90. The molecule has 0 saturated heterocycles. The molecule has 1 aliphatic rings. The maximum absolute atomic E-state index is 13.3. The van der Waals surface area contributed by atoms with Gasteiger partial charge in [-0.3, -0.25) is 0 Å². The van der Waals surface area contributed by atoms with Gasteiger partial charge in [-0.15, -0.1) is 0 Å². The van der Waals surface area contributed by atoms with Crippen LogP contribution in [0.3, 0.4) is 0 Å². The molecule has 0 unspecified atom stereocenters. The van der Waals surface area contributed by atoms with Crippen molar-refractivity contribution in [3.05, 3.63) is 53.6 Å². The summed E-state index contributed by atoms with van der Waals surface area (Å²) in [6.45, 7) is 4.17. The Labute approximate surface area is 156 Å². The number of halogens is 1. The molecule has 0 aliphatic carbocycles. The van der Waals surface area contributed by atoms with Crippen molar-refractivity contribution >= 4 is 31.6 Å². The van der Waals surface area contributed by atoms with Gasteiger partial charge in [-0.1, -0.05) is 33.6 Å². The molecule has 2 aromatic carbocycles. The van der Waals surface area contributed by atoms with Gasteiger partial charge in [0.25, 0.3) is 10.0 Å². The molecule has 0 bridgehead atoms. The molecule has 0 spiro atoms. The predicted molar refractivity (Wildman–Crippen MR) is 101 cm³/mol. The molecule has 0 fully saturated rings. The number of benzene rings is 2. The molecule has 2 aromatic rings. The van der Waals surface area contributed by atoms with Gasteiger partial charge < -0.3 is 9.47 Å². The number of aryl methyl sites for hydroxylation is 1. The molecule has 25 heavy (non-hydrogen) atoms. The van der Waals surface area contributed by atoms with E-state index in [1.807, 2.05) is 19.9 Å². The highest BCUT2D eigenvalue weighted by Crippen LogP contribution is 2.48. The summed E-state index contributed by atoms with van der Waals surface area (Å²) in [5.41, 5.74) is 2.43. The van der Waals surface area contributed by atoms with E-state index in [1.165, 1.54) is 4.31 Å². The summed E-state index contributed by atoms with van der Waals surface area (Å²) >= 11 is 3.60. The van der Waals surface area contributed by atoms with Gasteiger partial charge in [-0.2, -0.15) is 0 Å². The van der Waals surface area contributed by atoms with Crippen LogP contribution in [0.4, 0.5) is 5.69 Å². The standard InChI is InChI=1S/C18H20BrNO4S/c1-4-24-18-17(19)15-11-13(23-3)7-10-16(15)20(18)25(21,22)14-8-5-12(2)6-9-14/h5-11,17-18H,4H2,1-3H3/t17-,18+/m0/s1. The van der Waals surface area contributed by atoms with Gasteiger partial charge in [0.05, 0.1) is 22.5 Å². The van der Waals surface area contributed by atoms with Crippen molar-refractivity contribution in [2.45, 2.75) is 29.8 Å². The van der Waals surface area contributed by atoms with E-state index in [9.17, 15) is 8.42 Å². The lowest BCUT2D eigenvalue weighted by Gasteiger charge is -2.27. The number of sulfonamides is 1. The Morgan fingerprint density at radius 2 is 1.84 bits per heavy atom. The van der Waals surface area contributed by atoms with Crippen molar-refractivity contribution in [2.75, 3.05) is 18.0 Å². The Morgan fingerprint density at radius 1 is 1.16 bits per heavy atom. The quantitative estimate of drug-likeness (QED) is 0.678. The first kappa shape index (κ1) is 18.2. The molecule has 2 atom stereocenters. The van der Waals surface area contributed by atoms with E-state index in [1.54, 1.807) is 43.5 Å². The van der Waals surface area contributed by atoms with Crippen molar-refractivity contribution < 1.29 is 17.9 Å². The minimum absolute atomic E-state index is 0.242. The zero-order chi connectivity index (χ0) is 18.2. The highest BCUT2D eigenvalue weighted by Gasteiger charge is 2.44. The molecule has 1 aliphatic heterocycles. The maximum Gasteiger partial charge on any atom is 0.266 e. The lowest BCUT2D eigenvalue weighted by atomic mass is 10.1. The van der Waals surface area contributed by atoms with Crippen LogP contribution in [0.2, 0.25) is 0 Å². The molecule has 0 radical (unpaired) electrons. The SMILES string of the molecule is CCO[C@@H]1[C@@H](Br)c2cc(OC)ccc2N1S(=O)(=O)c1ccc(C)cc1. The Hall–Kier alpha value is -1.57. The minimum Gasteiger partial charge on any atom is -0.497 e. The fourth-order valence-electron chi connectivity index (χ4n) is 2.90. The third-order valence-electron chi connectivity index (χ3n) is 4.17. The topological polar surface area (TPSA) is 55.8 Å². The average molecular weight is 426 g/mol. The lowest BCUT2D eigenvalue weighted by molar-refractivity contribution is 0.0766. The van der Waals surface area contributed by atoms with Crippen LogP contribution < -0.4 is 9.04 Å². The van der Waals surface area contributed by atoms with Crippen molar-refractivity contribution in [3.63, 3.8) is 0 Å². The molecule has 0 N–H and O–H groups in total. The minimum atomic E-state index is -3.76. The number of alkyl halides is 1. The van der Waals surface area contributed by atoms with Gasteiger partial charge in [-0.25, -0.2) is 12.7 Å². The molecule has 134 valence electrons. The lowest BCUT2D eigenvalue weighted by Crippen LogP contribution is -2.40. The first-order valence-corrected chi connectivity index (χ1v) is 10.3. The summed E-state index contributed by atoms with van der Waals surface area (Å²) in [6.07, 6.45) is -0.654. The van der Waals surface area contributed by atoms with Gasteiger partial charge in [0, 0.05) is 6.61 Å². The van der Waals surface area contributed by atoms with Crippen LogP contribution in [-0.2, 0) is 14.8 Å². The van der Waals surface area contributed by atoms with E-state index in [-0.39, 0.29) is 9.72 Å². The summed E-state index contributed by atoms with van der Waals surface area (Å²) in [7, 11) is -2.17. The van der Waals surface area contributed by atoms with Crippen LogP contribution in [0.1, 0.15) is 22.9 Å². The van der Waals surface area contributed by atoms with E-state index in [0.717, 1.165) is 11.1 Å². The molecule has 7 heteroatoms. The largest absolute Gasteiger partial charge is 0.497 e. The van der Waals surface area contributed by atoms with Gasteiger partial charge in [0.1, 0.15) is 5.75 Å². The second-order valence-corrected chi connectivity index (χ2v) is 8.59. The second kappa shape index (κ2) is 6.97. The summed E-state index contributed by atoms with van der Waals surface area (Å²) < 4.78 is 39.0. The number of nitrogens with zero attached hydrogens (tertiary/aromatic N) is 1. The Kier molecular flexibility index (Phi) is 5.09. The number of hydrogen-bond donors (Lipinski definition) is 0. The summed E-state index contributed by atoms with van der Waals surface area (Å²) in [5, 5.41) is 0. The number of rotatable bonds is 5. The zero-order valence-electron chi connectivity index (χ0n) is 14.3. The fourth-order valence-corrected chi connectivity index (χ4v) is 5.40. The summed E-state index contributed by atoms with van der Waals surface area (Å²) in [6, 6.07) is 12.2. The van der Waals surface area contributed by atoms with Crippen molar-refractivity contribution in [3.8, 4) is 5.75 Å². The van der Waals surface area contributed by atoms with Gasteiger partial charge in [0.2, 0.25) is 0 Å². The van der Waals surface area contributed by atoms with E-state index in [2.05, 4.69) is 15.9 Å². The van der Waals surface area contributed by atoms with Crippen LogP contribution in [0, 0.1) is 6.92 Å². The fraction of sp³-hybridized carbons (Fsp3) is 0.333. The highest BCUT2D eigenvalue weighted by molar-refractivity contribution is 9.09. The predicted octanol–water partition coefficient (Wildman–Crippen LogP) is 4.01. The van der Waals surface area contributed by atoms with Crippen LogP contribution in [0.5, 0.6) is 5.75 Å². The molecule has 5 nitrogen and oxygen atoms in total. The van der Waals surface area contributed by atoms with E-state index >= 15 is 0 Å². The number of fused-ring (bicyclic) bond motifs is 1. The Bertz CT molecular complexity index is 867. The van der Waals surface area contributed by atoms with Gasteiger partial charge in [-0.05, 0) is 49.7 Å². The molecule has 0 amide bonds. The normalized spacial score (nSPS) is 19.8. The van der Waals surface area contributed by atoms with E-state index < -0.39 is 16.3 Å². The van der Waals surface area contributed by atoms with Crippen LogP contribution in [0.15, 0.2) is 47.4 Å². The molecule has 0 aromatic heterocycles.